The van der Waals surface area contributed by atoms with Gasteiger partial charge in [-0.1, -0.05) is 12.5 Å². The van der Waals surface area contributed by atoms with Gasteiger partial charge in [0.15, 0.2) is 6.10 Å². The topological polar surface area (TPSA) is 41.6 Å². The molecule has 1 aliphatic heterocycles. The lowest BCUT2D eigenvalue weighted by Crippen LogP contribution is -2.54. The number of hydrogen-bond donors (Lipinski definition) is 1. The zero-order valence-electron chi connectivity index (χ0n) is 14.3. The van der Waals surface area contributed by atoms with Crippen molar-refractivity contribution in [3.8, 4) is 5.75 Å². The van der Waals surface area contributed by atoms with E-state index >= 15 is 0 Å². The monoisotopic (exact) mass is 322 g/mol. The second-order valence-electron chi connectivity index (χ2n) is 6.80. The van der Waals surface area contributed by atoms with Crippen molar-refractivity contribution in [2.45, 2.75) is 51.7 Å². The average Bonchev–Trinajstić information content (AvgIpc) is 2.53. The Balaban J connectivity index is 1.83. The molecule has 5 heteroatoms. The fraction of sp³-hybridized carbons (Fsp3) is 0.611. The van der Waals surface area contributed by atoms with Gasteiger partial charge < -0.3 is 10.1 Å². The summed E-state index contributed by atoms with van der Waals surface area (Å²) >= 11 is 0. The fourth-order valence-electron chi connectivity index (χ4n) is 2.86. The van der Waals surface area contributed by atoms with Gasteiger partial charge in [-0.05, 0) is 58.8 Å². The van der Waals surface area contributed by atoms with Crippen LogP contribution in [0.1, 0.15) is 40.0 Å². The second-order valence-corrected chi connectivity index (χ2v) is 6.80. The summed E-state index contributed by atoms with van der Waals surface area (Å²) in [4.78, 5) is 14.6. The van der Waals surface area contributed by atoms with Crippen molar-refractivity contribution in [3.63, 3.8) is 0 Å². The highest BCUT2D eigenvalue weighted by Crippen LogP contribution is 2.20. The predicted octanol–water partition coefficient (Wildman–Crippen LogP) is 2.97. The van der Waals surface area contributed by atoms with Gasteiger partial charge in [-0.2, -0.15) is 0 Å². The lowest BCUT2D eigenvalue weighted by Gasteiger charge is -2.41. The third-order valence-corrected chi connectivity index (χ3v) is 4.39. The molecule has 0 spiro atoms. The largest absolute Gasteiger partial charge is 0.481 e. The molecule has 0 aromatic heterocycles. The minimum atomic E-state index is -0.658. The second kappa shape index (κ2) is 7.77. The van der Waals surface area contributed by atoms with Crippen LogP contribution >= 0.6 is 0 Å². The van der Waals surface area contributed by atoms with Crippen LogP contribution in [-0.4, -0.2) is 42.1 Å². The van der Waals surface area contributed by atoms with Crippen LogP contribution in [0.5, 0.6) is 5.75 Å². The normalized spacial score (nSPS) is 17.6. The number of nitrogens with one attached hydrogen (secondary N) is 1. The molecule has 1 unspecified atom stereocenters. The first-order valence-electron chi connectivity index (χ1n) is 8.33. The van der Waals surface area contributed by atoms with Gasteiger partial charge in [-0.25, -0.2) is 4.39 Å². The van der Waals surface area contributed by atoms with Crippen LogP contribution in [0.25, 0.3) is 0 Å². The van der Waals surface area contributed by atoms with Crippen molar-refractivity contribution >= 4 is 5.91 Å². The maximum absolute atomic E-state index is 13.1. The van der Waals surface area contributed by atoms with Crippen LogP contribution in [-0.2, 0) is 4.79 Å². The van der Waals surface area contributed by atoms with Crippen LogP contribution in [0.3, 0.4) is 0 Å². The molecule has 0 bridgehead atoms. The average molecular weight is 322 g/mol. The van der Waals surface area contributed by atoms with Gasteiger partial charge in [0.1, 0.15) is 11.6 Å². The Labute approximate surface area is 138 Å². The van der Waals surface area contributed by atoms with Crippen molar-refractivity contribution in [1.82, 2.24) is 10.2 Å². The van der Waals surface area contributed by atoms with E-state index in [1.165, 1.54) is 31.4 Å². The Kier molecular flexibility index (Phi) is 5.99. The van der Waals surface area contributed by atoms with E-state index in [1.54, 1.807) is 19.1 Å². The molecule has 1 heterocycles. The van der Waals surface area contributed by atoms with E-state index < -0.39 is 6.10 Å². The quantitative estimate of drug-likeness (QED) is 0.875. The van der Waals surface area contributed by atoms with E-state index in [9.17, 15) is 9.18 Å². The minimum absolute atomic E-state index is 0.0747. The van der Waals surface area contributed by atoms with Crippen LogP contribution in [0.2, 0.25) is 0 Å². The molecule has 4 nitrogen and oxygen atoms in total. The number of carbonyl (C=O) groups is 1. The zero-order chi connectivity index (χ0) is 16.9. The number of rotatable bonds is 6. The molecule has 1 aromatic rings. The molecular formula is C18H27FN2O2. The van der Waals surface area contributed by atoms with Crippen LogP contribution in [0.4, 0.5) is 4.39 Å². The van der Waals surface area contributed by atoms with Crippen LogP contribution < -0.4 is 10.1 Å². The number of piperidine rings is 1. The van der Waals surface area contributed by atoms with Crippen LogP contribution in [0.15, 0.2) is 24.3 Å². The van der Waals surface area contributed by atoms with Gasteiger partial charge in [0.2, 0.25) is 0 Å². The highest BCUT2D eigenvalue weighted by Gasteiger charge is 2.29. The Hall–Kier alpha value is -1.62. The maximum atomic E-state index is 13.1. The minimum Gasteiger partial charge on any atom is -0.481 e. The molecule has 1 amide bonds. The summed E-state index contributed by atoms with van der Waals surface area (Å²) in [7, 11) is 0. The molecular weight excluding hydrogens is 295 g/mol. The number of benzene rings is 1. The Bertz CT molecular complexity index is 528. The Morgan fingerprint density at radius 2 is 2.04 bits per heavy atom. The van der Waals surface area contributed by atoms with E-state index in [4.69, 9.17) is 4.74 Å². The van der Waals surface area contributed by atoms with E-state index in [-0.39, 0.29) is 17.3 Å². The predicted molar refractivity (Wildman–Crippen MR) is 89.0 cm³/mol. The van der Waals surface area contributed by atoms with Crippen molar-refractivity contribution in [2.75, 3.05) is 19.6 Å². The van der Waals surface area contributed by atoms with Gasteiger partial charge in [-0.3, -0.25) is 9.69 Å². The summed E-state index contributed by atoms with van der Waals surface area (Å²) < 4.78 is 18.6. The molecule has 1 aromatic carbocycles. The Morgan fingerprint density at radius 1 is 1.35 bits per heavy atom. The van der Waals surface area contributed by atoms with Crippen LogP contribution in [0, 0.1) is 5.82 Å². The lowest BCUT2D eigenvalue weighted by molar-refractivity contribution is -0.127. The summed E-state index contributed by atoms with van der Waals surface area (Å²) in [5.41, 5.74) is -0.0747. The molecule has 1 aliphatic rings. The van der Waals surface area contributed by atoms with Gasteiger partial charge in [0.05, 0.1) is 0 Å². The number of halogens is 1. The summed E-state index contributed by atoms with van der Waals surface area (Å²) in [5.74, 6) is -0.191. The molecule has 23 heavy (non-hydrogen) atoms. The lowest BCUT2D eigenvalue weighted by atomic mass is 9.98. The molecule has 0 radical (unpaired) electrons. The van der Waals surface area contributed by atoms with Gasteiger partial charge in [0, 0.05) is 18.2 Å². The number of amides is 1. The van der Waals surface area contributed by atoms with Crippen molar-refractivity contribution in [1.29, 1.82) is 0 Å². The Morgan fingerprint density at radius 3 is 2.70 bits per heavy atom. The first-order valence-corrected chi connectivity index (χ1v) is 8.33. The molecule has 1 fully saturated rings. The maximum Gasteiger partial charge on any atom is 0.260 e. The summed E-state index contributed by atoms with van der Waals surface area (Å²) in [5, 5.41) is 2.96. The van der Waals surface area contributed by atoms with E-state index in [0.717, 1.165) is 13.1 Å². The SMILES string of the molecule is CC(Oc1cccc(F)c1)C(=O)NCC(C)(C)N1CCCCC1. The number of likely N-dealkylation sites (tertiary alicyclic amines) is 1. The number of nitrogens with zero attached hydrogens (tertiary/aromatic N) is 1. The number of carbonyl (C=O) groups excluding carboxylic acids is 1. The van der Waals surface area contributed by atoms with Crippen molar-refractivity contribution < 1.29 is 13.9 Å². The smallest absolute Gasteiger partial charge is 0.260 e. The van der Waals surface area contributed by atoms with Crippen molar-refractivity contribution in [3.05, 3.63) is 30.1 Å². The van der Waals surface area contributed by atoms with Gasteiger partial charge >= 0.3 is 0 Å². The standard InChI is InChI=1S/C18H27FN2O2/c1-14(23-16-9-7-8-15(19)12-16)17(22)20-13-18(2,3)21-10-5-4-6-11-21/h7-9,12,14H,4-6,10-11,13H2,1-3H3,(H,20,22). The molecule has 1 N–H and O–H groups in total. The summed E-state index contributed by atoms with van der Waals surface area (Å²) in [6, 6.07) is 5.83. The van der Waals surface area contributed by atoms with Gasteiger partial charge in [-0.15, -0.1) is 0 Å². The first-order chi connectivity index (χ1) is 10.9. The highest BCUT2D eigenvalue weighted by atomic mass is 19.1. The molecule has 2 rings (SSSR count). The van der Waals surface area contributed by atoms with E-state index in [0.29, 0.717) is 12.3 Å². The summed E-state index contributed by atoms with van der Waals surface area (Å²) in [6.45, 7) is 8.71. The molecule has 0 saturated carbocycles. The third-order valence-electron chi connectivity index (χ3n) is 4.39. The van der Waals surface area contributed by atoms with E-state index in [1.807, 2.05) is 0 Å². The molecule has 128 valence electrons. The molecule has 0 aliphatic carbocycles. The third kappa shape index (κ3) is 5.20. The van der Waals surface area contributed by atoms with Gasteiger partial charge in [0.25, 0.3) is 5.91 Å². The highest BCUT2D eigenvalue weighted by molar-refractivity contribution is 5.80. The first kappa shape index (κ1) is 17.7. The zero-order valence-corrected chi connectivity index (χ0v) is 14.3. The van der Waals surface area contributed by atoms with E-state index in [2.05, 4.69) is 24.1 Å². The number of ether oxygens (including phenoxy) is 1. The fourth-order valence-corrected chi connectivity index (χ4v) is 2.86. The molecule has 1 atom stereocenters. The molecule has 1 saturated heterocycles. The summed E-state index contributed by atoms with van der Waals surface area (Å²) in [6.07, 6.45) is 3.07. The number of hydrogen-bond acceptors (Lipinski definition) is 3. The van der Waals surface area contributed by atoms with Crippen molar-refractivity contribution in [2.24, 2.45) is 0 Å².